The van der Waals surface area contributed by atoms with Crippen LogP contribution < -0.4 is 10.6 Å². The minimum absolute atomic E-state index is 0.0791. The second kappa shape index (κ2) is 7.70. The normalized spacial score (nSPS) is 26.1. The van der Waals surface area contributed by atoms with Crippen molar-refractivity contribution in [3.8, 4) is 5.75 Å². The van der Waals surface area contributed by atoms with Gasteiger partial charge in [-0.05, 0) is 62.1 Å². The van der Waals surface area contributed by atoms with Gasteiger partial charge >= 0.3 is 11.8 Å². The number of halogens is 1. The van der Waals surface area contributed by atoms with Crippen molar-refractivity contribution in [2.24, 2.45) is 5.92 Å². The van der Waals surface area contributed by atoms with Crippen LogP contribution in [0.5, 0.6) is 5.75 Å². The molecule has 1 aromatic carbocycles. The molecule has 3 fully saturated rings. The van der Waals surface area contributed by atoms with Crippen LogP contribution in [0.25, 0.3) is 0 Å². The number of hydrogen-bond donors (Lipinski definition) is 3. The zero-order valence-electron chi connectivity index (χ0n) is 16.0. The van der Waals surface area contributed by atoms with Gasteiger partial charge in [-0.1, -0.05) is 0 Å². The van der Waals surface area contributed by atoms with E-state index in [0.29, 0.717) is 31.1 Å². The molecule has 1 aliphatic carbocycles. The van der Waals surface area contributed by atoms with E-state index in [1.54, 1.807) is 4.90 Å². The lowest BCUT2D eigenvalue weighted by atomic mass is 9.74. The predicted molar refractivity (Wildman–Crippen MR) is 102 cm³/mol. The van der Waals surface area contributed by atoms with Crippen molar-refractivity contribution in [2.75, 3.05) is 26.2 Å². The van der Waals surface area contributed by atoms with Gasteiger partial charge < -0.3 is 20.6 Å². The molecule has 1 aromatic rings. The maximum absolute atomic E-state index is 13.6. The number of amides is 2. The molecule has 0 bridgehead atoms. The van der Waals surface area contributed by atoms with Crippen LogP contribution in [0, 0.1) is 11.7 Å². The summed E-state index contributed by atoms with van der Waals surface area (Å²) in [5.74, 6) is -1.39. The number of aromatic hydroxyl groups is 1. The molecule has 4 rings (SSSR count). The maximum atomic E-state index is 13.6. The number of carbonyl (C=O) groups excluding carboxylic acids is 2. The third-order valence-electron chi connectivity index (χ3n) is 6.59. The second-order valence-corrected chi connectivity index (χ2v) is 8.63. The SMILES string of the molecule is O=C(NCC1CNC2(CCC2)C1)C(=O)N1CCCC(c2cc(O)cc(F)c2)C1. The molecule has 1 saturated carbocycles. The van der Waals surface area contributed by atoms with Gasteiger partial charge in [0.1, 0.15) is 11.6 Å². The first kappa shape index (κ1) is 19.2. The Kier molecular flexibility index (Phi) is 5.27. The van der Waals surface area contributed by atoms with Crippen LogP contribution in [0.2, 0.25) is 0 Å². The highest BCUT2D eigenvalue weighted by atomic mass is 19.1. The van der Waals surface area contributed by atoms with Gasteiger partial charge in [-0.25, -0.2) is 4.39 Å². The molecule has 2 atom stereocenters. The summed E-state index contributed by atoms with van der Waals surface area (Å²) < 4.78 is 13.6. The number of phenolic OH excluding ortho intramolecular Hbond substituents is 1. The Morgan fingerprint density at radius 1 is 1.29 bits per heavy atom. The van der Waals surface area contributed by atoms with Crippen LogP contribution in [-0.4, -0.2) is 53.5 Å². The third kappa shape index (κ3) is 3.99. The third-order valence-corrected chi connectivity index (χ3v) is 6.59. The zero-order valence-corrected chi connectivity index (χ0v) is 16.0. The molecule has 6 nitrogen and oxygen atoms in total. The van der Waals surface area contributed by atoms with Gasteiger partial charge in [0.2, 0.25) is 0 Å². The molecule has 28 heavy (non-hydrogen) atoms. The molecular weight excluding hydrogens is 361 g/mol. The van der Waals surface area contributed by atoms with E-state index in [4.69, 9.17) is 0 Å². The predicted octanol–water partition coefficient (Wildman–Crippen LogP) is 1.89. The Balaban J connectivity index is 1.30. The number of likely N-dealkylation sites (tertiary alicyclic amines) is 1. The summed E-state index contributed by atoms with van der Waals surface area (Å²) in [6.07, 6.45) is 6.29. The van der Waals surface area contributed by atoms with Gasteiger partial charge in [0, 0.05) is 43.7 Å². The summed E-state index contributed by atoms with van der Waals surface area (Å²) in [5.41, 5.74) is 0.953. The van der Waals surface area contributed by atoms with Crippen molar-refractivity contribution in [1.82, 2.24) is 15.5 Å². The lowest BCUT2D eigenvalue weighted by Gasteiger charge is -2.38. The van der Waals surface area contributed by atoms with E-state index in [1.807, 2.05) is 0 Å². The molecule has 152 valence electrons. The first-order valence-electron chi connectivity index (χ1n) is 10.3. The Hall–Kier alpha value is -2.15. The molecule has 2 saturated heterocycles. The average molecular weight is 389 g/mol. The van der Waals surface area contributed by atoms with Crippen molar-refractivity contribution in [1.29, 1.82) is 0 Å². The smallest absolute Gasteiger partial charge is 0.311 e. The molecule has 7 heteroatoms. The minimum Gasteiger partial charge on any atom is -0.508 e. The van der Waals surface area contributed by atoms with Crippen molar-refractivity contribution >= 4 is 11.8 Å². The van der Waals surface area contributed by atoms with Crippen molar-refractivity contribution in [3.05, 3.63) is 29.6 Å². The van der Waals surface area contributed by atoms with E-state index in [9.17, 15) is 19.1 Å². The fourth-order valence-electron chi connectivity index (χ4n) is 4.91. The molecule has 3 N–H and O–H groups in total. The van der Waals surface area contributed by atoms with Gasteiger partial charge in [-0.3, -0.25) is 9.59 Å². The highest BCUT2D eigenvalue weighted by Crippen LogP contribution is 2.40. The minimum atomic E-state index is -0.558. The topological polar surface area (TPSA) is 81.7 Å². The average Bonchev–Trinajstić information content (AvgIpc) is 3.10. The molecule has 2 unspecified atom stereocenters. The van der Waals surface area contributed by atoms with Gasteiger partial charge in [0.25, 0.3) is 0 Å². The molecular formula is C21H28FN3O3. The van der Waals surface area contributed by atoms with Gasteiger partial charge in [0.05, 0.1) is 0 Å². The summed E-state index contributed by atoms with van der Waals surface area (Å²) in [6.45, 7) is 2.30. The number of nitrogens with zero attached hydrogens (tertiary/aromatic N) is 1. The number of piperidine rings is 1. The summed E-state index contributed by atoms with van der Waals surface area (Å²) >= 11 is 0. The van der Waals surface area contributed by atoms with Gasteiger partial charge in [-0.2, -0.15) is 0 Å². The van der Waals surface area contributed by atoms with E-state index in [1.165, 1.54) is 31.4 Å². The zero-order chi connectivity index (χ0) is 19.7. The summed E-state index contributed by atoms with van der Waals surface area (Å²) in [7, 11) is 0. The van der Waals surface area contributed by atoms with E-state index in [-0.39, 0.29) is 17.2 Å². The molecule has 2 aliphatic heterocycles. The standard InChI is InChI=1S/C21H28FN3O3/c22-17-7-16(8-18(26)9-17)15-3-1-6-25(13-15)20(28)19(27)23-11-14-10-21(24-12-14)4-2-5-21/h7-9,14-15,24,26H,1-6,10-13H2,(H,23,27). The van der Waals surface area contributed by atoms with Crippen molar-refractivity contribution in [3.63, 3.8) is 0 Å². The van der Waals surface area contributed by atoms with E-state index >= 15 is 0 Å². The highest BCUT2D eigenvalue weighted by Gasteiger charge is 2.43. The first-order chi connectivity index (χ1) is 13.4. The van der Waals surface area contributed by atoms with E-state index in [2.05, 4.69) is 10.6 Å². The lowest BCUT2D eigenvalue weighted by Crippen LogP contribution is -2.47. The van der Waals surface area contributed by atoms with Crippen molar-refractivity contribution in [2.45, 2.75) is 50.0 Å². The van der Waals surface area contributed by atoms with Crippen LogP contribution in [0.4, 0.5) is 4.39 Å². The number of phenols is 1. The van der Waals surface area contributed by atoms with Crippen LogP contribution in [-0.2, 0) is 9.59 Å². The Bertz CT molecular complexity index is 745. The Morgan fingerprint density at radius 3 is 2.79 bits per heavy atom. The quantitative estimate of drug-likeness (QED) is 0.690. The van der Waals surface area contributed by atoms with Crippen molar-refractivity contribution < 1.29 is 19.1 Å². The summed E-state index contributed by atoms with van der Waals surface area (Å²) in [4.78, 5) is 26.5. The molecule has 3 aliphatic rings. The number of rotatable bonds is 3. The maximum Gasteiger partial charge on any atom is 0.311 e. The monoisotopic (exact) mass is 389 g/mol. The molecule has 0 radical (unpaired) electrons. The number of nitrogens with one attached hydrogen (secondary N) is 2. The number of hydrogen-bond acceptors (Lipinski definition) is 4. The van der Waals surface area contributed by atoms with Crippen LogP contribution in [0.1, 0.15) is 50.0 Å². The Morgan fingerprint density at radius 2 is 2.11 bits per heavy atom. The number of benzene rings is 1. The largest absolute Gasteiger partial charge is 0.508 e. The molecule has 0 aromatic heterocycles. The molecule has 1 spiro atoms. The highest BCUT2D eigenvalue weighted by molar-refractivity contribution is 6.35. The van der Waals surface area contributed by atoms with Crippen LogP contribution in [0.3, 0.4) is 0 Å². The fourth-order valence-corrected chi connectivity index (χ4v) is 4.91. The van der Waals surface area contributed by atoms with Crippen LogP contribution in [0.15, 0.2) is 18.2 Å². The van der Waals surface area contributed by atoms with E-state index < -0.39 is 17.6 Å². The van der Waals surface area contributed by atoms with E-state index in [0.717, 1.165) is 31.9 Å². The summed E-state index contributed by atoms with van der Waals surface area (Å²) in [5, 5.41) is 16.0. The van der Waals surface area contributed by atoms with Gasteiger partial charge in [-0.15, -0.1) is 0 Å². The summed E-state index contributed by atoms with van der Waals surface area (Å²) in [6, 6.07) is 3.99. The van der Waals surface area contributed by atoms with Gasteiger partial charge in [0.15, 0.2) is 0 Å². The van der Waals surface area contributed by atoms with Crippen LogP contribution >= 0.6 is 0 Å². The number of carbonyl (C=O) groups is 2. The fraction of sp³-hybridized carbons (Fsp3) is 0.619. The molecule has 2 amide bonds. The first-order valence-corrected chi connectivity index (χ1v) is 10.3. The Labute approximate surface area is 164 Å². The molecule has 2 heterocycles. The second-order valence-electron chi connectivity index (χ2n) is 8.63. The lowest BCUT2D eigenvalue weighted by molar-refractivity contribution is -0.146.